The van der Waals surface area contributed by atoms with Crippen molar-refractivity contribution in [3.05, 3.63) is 126 Å². The molecule has 2 heteroatoms. The highest BCUT2D eigenvalue weighted by molar-refractivity contribution is 7.98. The Bertz CT molecular complexity index is 1480. The normalized spacial score (nSPS) is 10.6. The van der Waals surface area contributed by atoms with Crippen LogP contribution >= 0.6 is 11.8 Å². The summed E-state index contributed by atoms with van der Waals surface area (Å²) in [5.41, 5.74) is 2.68. The van der Waals surface area contributed by atoms with E-state index in [0.717, 1.165) is 16.9 Å². The molecule has 5 aromatic rings. The third-order valence-electron chi connectivity index (χ3n) is 5.47. The first kappa shape index (κ1) is 20.1. The molecule has 0 aliphatic rings. The summed E-state index contributed by atoms with van der Waals surface area (Å²) >= 11 is 1.79. The lowest BCUT2D eigenvalue weighted by molar-refractivity contribution is 0.105. The third kappa shape index (κ3) is 4.30. The van der Waals surface area contributed by atoms with Crippen LogP contribution in [0.2, 0.25) is 0 Å². The van der Waals surface area contributed by atoms with Crippen LogP contribution in [-0.4, -0.2) is 5.78 Å². The van der Waals surface area contributed by atoms with Gasteiger partial charge in [-0.3, -0.25) is 4.79 Å². The fourth-order valence-corrected chi connectivity index (χ4v) is 4.78. The van der Waals surface area contributed by atoms with Gasteiger partial charge in [-0.1, -0.05) is 84.8 Å². The number of hydrogen-bond donors (Lipinski definition) is 0. The first-order chi connectivity index (χ1) is 15.8. The number of rotatable bonds is 4. The molecule has 0 amide bonds. The molecule has 32 heavy (non-hydrogen) atoms. The quantitative estimate of drug-likeness (QED) is 0.127. The van der Waals surface area contributed by atoms with Gasteiger partial charge in [-0.25, -0.2) is 0 Å². The molecule has 0 fully saturated rings. The van der Waals surface area contributed by atoms with Crippen molar-refractivity contribution in [3.63, 3.8) is 0 Å². The standard InChI is InChI=1S/C30H20OS/c31-30(23-9-3-1-4-10-23)18-17-22-15-16-26-19-24-11-7-8-12-25(24)20-28(26)29(22)21-32-27-13-5-2-6-14-27/h1-16,19-20H,21H2. The largest absolute Gasteiger partial charge is 0.279 e. The van der Waals surface area contributed by atoms with Gasteiger partial charge in [0.2, 0.25) is 5.78 Å². The van der Waals surface area contributed by atoms with Gasteiger partial charge in [0, 0.05) is 21.8 Å². The Morgan fingerprint density at radius 3 is 2.09 bits per heavy atom. The lowest BCUT2D eigenvalue weighted by atomic mass is 9.96. The lowest BCUT2D eigenvalue weighted by Crippen LogP contribution is -1.95. The van der Waals surface area contributed by atoms with Crippen molar-refractivity contribution in [2.75, 3.05) is 0 Å². The van der Waals surface area contributed by atoms with Crippen LogP contribution in [0.4, 0.5) is 0 Å². The fraction of sp³-hybridized carbons (Fsp3) is 0.0333. The molecule has 0 bridgehead atoms. The van der Waals surface area contributed by atoms with Crippen molar-refractivity contribution < 1.29 is 4.79 Å². The highest BCUT2D eigenvalue weighted by Gasteiger charge is 2.10. The van der Waals surface area contributed by atoms with Crippen molar-refractivity contribution in [3.8, 4) is 11.8 Å². The average molecular weight is 429 g/mol. The molecule has 0 aliphatic carbocycles. The van der Waals surface area contributed by atoms with E-state index >= 15 is 0 Å². The van der Waals surface area contributed by atoms with Crippen LogP contribution in [0.5, 0.6) is 0 Å². The van der Waals surface area contributed by atoms with Crippen LogP contribution < -0.4 is 0 Å². The zero-order valence-electron chi connectivity index (χ0n) is 17.4. The van der Waals surface area contributed by atoms with E-state index in [0.29, 0.717) is 5.56 Å². The molecule has 0 aliphatic heterocycles. The summed E-state index contributed by atoms with van der Waals surface area (Å²) in [5, 5.41) is 4.80. The van der Waals surface area contributed by atoms with Gasteiger partial charge in [0.25, 0.3) is 0 Å². The van der Waals surface area contributed by atoms with Crippen LogP contribution in [-0.2, 0) is 5.75 Å². The molecule has 0 atom stereocenters. The minimum atomic E-state index is -0.161. The van der Waals surface area contributed by atoms with Crippen molar-refractivity contribution in [1.82, 2.24) is 0 Å². The van der Waals surface area contributed by atoms with E-state index in [1.54, 1.807) is 23.9 Å². The van der Waals surface area contributed by atoms with Crippen molar-refractivity contribution >= 4 is 39.1 Å². The molecule has 0 N–H and O–H groups in total. The van der Waals surface area contributed by atoms with E-state index in [1.807, 2.05) is 30.3 Å². The van der Waals surface area contributed by atoms with Crippen LogP contribution in [0.1, 0.15) is 21.5 Å². The molecule has 0 unspecified atom stereocenters. The predicted octanol–water partition coefficient (Wildman–Crippen LogP) is 7.52. The molecule has 0 aromatic heterocycles. The van der Waals surface area contributed by atoms with Gasteiger partial charge in [0.05, 0.1) is 0 Å². The Labute approximate surface area is 192 Å². The number of fused-ring (bicyclic) bond motifs is 2. The topological polar surface area (TPSA) is 17.1 Å². The minimum Gasteiger partial charge on any atom is -0.279 e. The van der Waals surface area contributed by atoms with E-state index in [9.17, 15) is 4.79 Å². The van der Waals surface area contributed by atoms with Gasteiger partial charge in [-0.05, 0) is 63.4 Å². The van der Waals surface area contributed by atoms with Crippen molar-refractivity contribution in [2.45, 2.75) is 10.6 Å². The Balaban J connectivity index is 1.60. The maximum atomic E-state index is 12.6. The molecule has 152 valence electrons. The molecular weight excluding hydrogens is 408 g/mol. The molecule has 0 heterocycles. The number of ketones is 1. The smallest absolute Gasteiger partial charge is 0.236 e. The number of carbonyl (C=O) groups excluding carboxylic acids is 1. The van der Waals surface area contributed by atoms with E-state index in [1.165, 1.54) is 26.4 Å². The number of hydrogen-bond acceptors (Lipinski definition) is 2. The van der Waals surface area contributed by atoms with Gasteiger partial charge < -0.3 is 0 Å². The first-order valence-corrected chi connectivity index (χ1v) is 11.5. The maximum Gasteiger partial charge on any atom is 0.236 e. The van der Waals surface area contributed by atoms with Gasteiger partial charge in [0.15, 0.2) is 0 Å². The van der Waals surface area contributed by atoms with Gasteiger partial charge in [-0.2, -0.15) is 0 Å². The second-order valence-corrected chi connectivity index (χ2v) is 8.61. The Morgan fingerprint density at radius 1 is 0.688 bits per heavy atom. The monoisotopic (exact) mass is 428 g/mol. The van der Waals surface area contributed by atoms with Crippen LogP contribution in [0.15, 0.2) is 114 Å². The SMILES string of the molecule is O=C(C#Cc1ccc2cc3ccccc3cc2c1CSc1ccccc1)c1ccccc1. The van der Waals surface area contributed by atoms with E-state index in [-0.39, 0.29) is 5.78 Å². The van der Waals surface area contributed by atoms with Crippen LogP contribution in [0.25, 0.3) is 21.5 Å². The number of benzene rings is 5. The predicted molar refractivity (Wildman–Crippen MR) is 135 cm³/mol. The lowest BCUT2D eigenvalue weighted by Gasteiger charge is -2.11. The fourth-order valence-electron chi connectivity index (χ4n) is 3.81. The van der Waals surface area contributed by atoms with Crippen LogP contribution in [0.3, 0.4) is 0 Å². The molecular formula is C30H20OS. The Morgan fingerprint density at radius 2 is 1.34 bits per heavy atom. The second-order valence-electron chi connectivity index (χ2n) is 7.56. The highest BCUT2D eigenvalue weighted by atomic mass is 32.2. The number of thioether (sulfide) groups is 1. The highest BCUT2D eigenvalue weighted by Crippen LogP contribution is 2.32. The van der Waals surface area contributed by atoms with Crippen molar-refractivity contribution in [2.24, 2.45) is 0 Å². The first-order valence-electron chi connectivity index (χ1n) is 10.5. The van der Waals surface area contributed by atoms with E-state index in [4.69, 9.17) is 0 Å². The van der Waals surface area contributed by atoms with Gasteiger partial charge in [-0.15, -0.1) is 11.8 Å². The average Bonchev–Trinajstić information content (AvgIpc) is 2.86. The minimum absolute atomic E-state index is 0.161. The van der Waals surface area contributed by atoms with E-state index < -0.39 is 0 Å². The Kier molecular flexibility index (Phi) is 5.75. The van der Waals surface area contributed by atoms with Crippen LogP contribution in [0, 0.1) is 11.8 Å². The summed E-state index contributed by atoms with van der Waals surface area (Å²) in [5.74, 6) is 6.65. The molecule has 0 saturated carbocycles. The maximum absolute atomic E-state index is 12.6. The molecule has 0 spiro atoms. The van der Waals surface area contributed by atoms with Gasteiger partial charge >= 0.3 is 0 Å². The summed E-state index contributed by atoms with van der Waals surface area (Å²) < 4.78 is 0. The molecule has 0 saturated heterocycles. The zero-order valence-corrected chi connectivity index (χ0v) is 18.2. The summed E-state index contributed by atoms with van der Waals surface area (Å²) in [6.45, 7) is 0. The van der Waals surface area contributed by atoms with E-state index in [2.05, 4.69) is 78.6 Å². The summed E-state index contributed by atoms with van der Waals surface area (Å²) in [6, 6.07) is 36.6. The van der Waals surface area contributed by atoms with Crippen molar-refractivity contribution in [1.29, 1.82) is 0 Å². The third-order valence-corrected chi connectivity index (χ3v) is 6.51. The number of Topliss-reactive ketones (excluding diaryl/α,β-unsaturated/α-hetero) is 1. The summed E-state index contributed by atoms with van der Waals surface area (Å²) in [6.07, 6.45) is 0. The zero-order chi connectivity index (χ0) is 21.8. The van der Waals surface area contributed by atoms with Gasteiger partial charge in [0.1, 0.15) is 0 Å². The number of carbonyl (C=O) groups is 1. The summed E-state index contributed by atoms with van der Waals surface area (Å²) in [4.78, 5) is 13.8. The second kappa shape index (κ2) is 9.14. The Hall–Kier alpha value is -3.80. The molecule has 0 radical (unpaired) electrons. The molecule has 1 nitrogen and oxygen atoms in total. The molecule has 5 aromatic carbocycles. The molecule has 5 rings (SSSR count). The summed E-state index contributed by atoms with van der Waals surface area (Å²) in [7, 11) is 0.